The van der Waals surface area contributed by atoms with Gasteiger partial charge in [-0.05, 0) is 36.8 Å². The van der Waals surface area contributed by atoms with E-state index in [4.69, 9.17) is 4.74 Å². The minimum absolute atomic E-state index is 0.0444. The molecule has 0 bridgehead atoms. The number of aryl methyl sites for hydroxylation is 1. The van der Waals surface area contributed by atoms with E-state index in [0.29, 0.717) is 10.0 Å². The average Bonchev–Trinajstić information content (AvgIpc) is 2.66. The number of nitro groups is 1. The van der Waals surface area contributed by atoms with E-state index in [1.807, 2.05) is 0 Å². The van der Waals surface area contributed by atoms with Gasteiger partial charge in [-0.1, -0.05) is 28.1 Å². The summed E-state index contributed by atoms with van der Waals surface area (Å²) < 4.78 is 31.5. The number of nitrogens with zero attached hydrogens (tertiary/aromatic N) is 1. The second kappa shape index (κ2) is 9.58. The first-order chi connectivity index (χ1) is 13.6. The number of ether oxygens (including phenoxy) is 1. The third kappa shape index (κ3) is 6.62. The van der Waals surface area contributed by atoms with Crippen molar-refractivity contribution < 1.29 is 27.7 Å². The zero-order valence-corrected chi connectivity index (χ0v) is 17.4. The van der Waals surface area contributed by atoms with Crippen LogP contribution in [0.3, 0.4) is 0 Å². The van der Waals surface area contributed by atoms with E-state index in [9.17, 15) is 28.1 Å². The van der Waals surface area contributed by atoms with Gasteiger partial charge in [-0.2, -0.15) is 4.72 Å². The van der Waals surface area contributed by atoms with E-state index in [-0.39, 0.29) is 16.3 Å². The van der Waals surface area contributed by atoms with Crippen molar-refractivity contribution >= 4 is 49.2 Å². The molecule has 0 saturated carbocycles. The molecule has 0 aliphatic heterocycles. The second-order valence-corrected chi connectivity index (χ2v) is 8.45. The second-order valence-electron chi connectivity index (χ2n) is 5.77. The number of halogens is 1. The maximum Gasteiger partial charge on any atom is 0.321 e. The van der Waals surface area contributed by atoms with Gasteiger partial charge in [0.25, 0.3) is 11.6 Å². The van der Waals surface area contributed by atoms with Crippen molar-refractivity contribution in [3.63, 3.8) is 0 Å². The summed E-state index contributed by atoms with van der Waals surface area (Å²) in [6, 6.07) is 10.1. The van der Waals surface area contributed by atoms with E-state index in [1.54, 1.807) is 19.1 Å². The number of hydrogen-bond acceptors (Lipinski definition) is 7. The number of nitrogens with one attached hydrogen (secondary N) is 2. The van der Waals surface area contributed by atoms with Crippen molar-refractivity contribution in [3.8, 4) is 0 Å². The van der Waals surface area contributed by atoms with Crippen molar-refractivity contribution in [2.75, 3.05) is 18.5 Å². The molecule has 2 rings (SSSR count). The number of carbonyl (C=O) groups is 2. The summed E-state index contributed by atoms with van der Waals surface area (Å²) in [5.41, 5.74) is 0.294. The first-order valence-corrected chi connectivity index (χ1v) is 10.3. The summed E-state index contributed by atoms with van der Waals surface area (Å²) in [5, 5.41) is 13.3. The average molecular weight is 486 g/mol. The highest BCUT2D eigenvalue weighted by atomic mass is 79.9. The Morgan fingerprint density at radius 2 is 1.93 bits per heavy atom. The minimum Gasteiger partial charge on any atom is -0.455 e. The van der Waals surface area contributed by atoms with Gasteiger partial charge < -0.3 is 10.1 Å². The van der Waals surface area contributed by atoms with Gasteiger partial charge in [0.15, 0.2) is 6.61 Å². The number of benzene rings is 2. The van der Waals surface area contributed by atoms with E-state index < -0.39 is 40.0 Å². The lowest BCUT2D eigenvalue weighted by Crippen LogP contribution is -2.32. The lowest BCUT2D eigenvalue weighted by molar-refractivity contribution is -0.384. The molecule has 2 aromatic rings. The third-order valence-corrected chi connectivity index (χ3v) is 5.39. The zero-order chi connectivity index (χ0) is 21.6. The van der Waals surface area contributed by atoms with Crippen LogP contribution in [0.5, 0.6) is 0 Å². The van der Waals surface area contributed by atoms with E-state index in [2.05, 4.69) is 26.0 Å². The molecule has 12 heteroatoms. The Morgan fingerprint density at radius 3 is 2.59 bits per heavy atom. The fourth-order valence-electron chi connectivity index (χ4n) is 2.15. The molecule has 2 N–H and O–H groups in total. The van der Waals surface area contributed by atoms with Gasteiger partial charge in [0.1, 0.15) is 12.2 Å². The highest BCUT2D eigenvalue weighted by molar-refractivity contribution is 9.10. The highest BCUT2D eigenvalue weighted by Crippen LogP contribution is 2.25. The zero-order valence-electron chi connectivity index (χ0n) is 15.0. The largest absolute Gasteiger partial charge is 0.455 e. The van der Waals surface area contributed by atoms with E-state index >= 15 is 0 Å². The summed E-state index contributed by atoms with van der Waals surface area (Å²) >= 11 is 3.15. The van der Waals surface area contributed by atoms with Crippen LogP contribution in [0, 0.1) is 17.0 Å². The SMILES string of the molecule is Cc1ccc(NC(=O)COC(=O)CNS(=O)(=O)c2cccc(Br)c2)c([N+](=O)[O-])c1. The van der Waals surface area contributed by atoms with E-state index in [1.165, 1.54) is 30.3 Å². The lowest BCUT2D eigenvalue weighted by atomic mass is 10.2. The first-order valence-electron chi connectivity index (χ1n) is 8.04. The van der Waals surface area contributed by atoms with Crippen LogP contribution >= 0.6 is 15.9 Å². The Kier molecular flexibility index (Phi) is 7.42. The fourth-order valence-corrected chi connectivity index (χ4v) is 3.72. The molecule has 0 aliphatic rings. The Bertz CT molecular complexity index is 1060. The topological polar surface area (TPSA) is 145 Å². The van der Waals surface area contributed by atoms with Gasteiger partial charge in [0.2, 0.25) is 10.0 Å². The van der Waals surface area contributed by atoms with Crippen molar-refractivity contribution in [3.05, 3.63) is 62.6 Å². The van der Waals surface area contributed by atoms with Gasteiger partial charge in [-0.3, -0.25) is 19.7 Å². The fraction of sp³-hybridized carbons (Fsp3) is 0.176. The number of sulfonamides is 1. The number of rotatable bonds is 8. The van der Waals surface area contributed by atoms with Crippen molar-refractivity contribution in [1.29, 1.82) is 0 Å². The number of amides is 1. The molecule has 2 aromatic carbocycles. The molecule has 0 saturated heterocycles. The summed E-state index contributed by atoms with van der Waals surface area (Å²) in [6.07, 6.45) is 0. The number of nitro benzene ring substituents is 1. The Balaban J connectivity index is 1.88. The third-order valence-electron chi connectivity index (χ3n) is 3.50. The molecule has 0 radical (unpaired) electrons. The first kappa shape index (κ1) is 22.5. The monoisotopic (exact) mass is 485 g/mol. The molecule has 29 heavy (non-hydrogen) atoms. The van der Waals surface area contributed by atoms with Crippen LogP contribution in [-0.4, -0.2) is 38.4 Å². The predicted molar refractivity (Wildman–Crippen MR) is 107 cm³/mol. The lowest BCUT2D eigenvalue weighted by Gasteiger charge is -2.09. The van der Waals surface area contributed by atoms with Crippen LogP contribution in [0.25, 0.3) is 0 Å². The standard InChI is InChI=1S/C17H16BrN3O7S/c1-11-5-6-14(15(7-11)21(24)25)20-16(22)10-28-17(23)9-19-29(26,27)13-4-2-3-12(18)8-13/h2-8,19H,9-10H2,1H3,(H,20,22). The van der Waals surface area contributed by atoms with Gasteiger partial charge in [0, 0.05) is 10.5 Å². The number of anilines is 1. The summed E-state index contributed by atoms with van der Waals surface area (Å²) in [5.74, 6) is -1.79. The molecule has 0 spiro atoms. The van der Waals surface area contributed by atoms with Gasteiger partial charge >= 0.3 is 5.97 Å². The predicted octanol–water partition coefficient (Wildman–Crippen LogP) is 2.13. The van der Waals surface area contributed by atoms with E-state index in [0.717, 1.165) is 0 Å². The molecule has 154 valence electrons. The number of esters is 1. The molecule has 0 heterocycles. The molecule has 0 fully saturated rings. The molecule has 0 aromatic heterocycles. The molecule has 0 unspecified atom stereocenters. The van der Waals surface area contributed by atoms with Crippen LogP contribution in [0.4, 0.5) is 11.4 Å². The minimum atomic E-state index is -3.94. The van der Waals surface area contributed by atoms with Crippen molar-refractivity contribution in [2.24, 2.45) is 0 Å². The van der Waals surface area contributed by atoms with Crippen LogP contribution in [0.2, 0.25) is 0 Å². The smallest absolute Gasteiger partial charge is 0.321 e. The normalized spacial score (nSPS) is 11.0. The van der Waals surface area contributed by atoms with Crippen LogP contribution < -0.4 is 10.0 Å². The molecule has 10 nitrogen and oxygen atoms in total. The van der Waals surface area contributed by atoms with Crippen LogP contribution in [0.15, 0.2) is 51.8 Å². The van der Waals surface area contributed by atoms with Crippen molar-refractivity contribution in [1.82, 2.24) is 4.72 Å². The summed E-state index contributed by atoms with van der Waals surface area (Å²) in [4.78, 5) is 33.9. The van der Waals surface area contributed by atoms with Crippen LogP contribution in [0.1, 0.15) is 5.56 Å². The molecular weight excluding hydrogens is 470 g/mol. The van der Waals surface area contributed by atoms with Gasteiger partial charge in [-0.25, -0.2) is 8.42 Å². The summed E-state index contributed by atoms with van der Waals surface area (Å²) in [7, 11) is -3.94. The van der Waals surface area contributed by atoms with Gasteiger partial charge in [-0.15, -0.1) is 0 Å². The Hall–Kier alpha value is -2.83. The maximum atomic E-state index is 12.1. The molecule has 0 aliphatic carbocycles. The van der Waals surface area contributed by atoms with Gasteiger partial charge in [0.05, 0.1) is 9.82 Å². The summed E-state index contributed by atoms with van der Waals surface area (Å²) in [6.45, 7) is 0.241. The Morgan fingerprint density at radius 1 is 1.21 bits per heavy atom. The molecule has 0 atom stereocenters. The highest BCUT2D eigenvalue weighted by Gasteiger charge is 2.19. The molecule has 1 amide bonds. The number of carbonyl (C=O) groups excluding carboxylic acids is 2. The quantitative estimate of drug-likeness (QED) is 0.330. The van der Waals surface area contributed by atoms with Crippen LogP contribution in [-0.2, 0) is 24.3 Å². The Labute approximate surface area is 174 Å². The number of hydrogen-bond donors (Lipinski definition) is 2. The van der Waals surface area contributed by atoms with Crippen molar-refractivity contribution in [2.45, 2.75) is 11.8 Å². The molecular formula is C17H16BrN3O7S. The maximum absolute atomic E-state index is 12.1.